The van der Waals surface area contributed by atoms with Crippen molar-refractivity contribution in [3.63, 3.8) is 0 Å². The fourth-order valence-corrected chi connectivity index (χ4v) is 3.74. The number of piperidine rings is 1. The summed E-state index contributed by atoms with van der Waals surface area (Å²) in [5.41, 5.74) is 2.63. The quantitative estimate of drug-likeness (QED) is 0.730. The minimum atomic E-state index is -0.473. The molecular formula is C19H25NO3. The Balaban J connectivity index is 1.75. The summed E-state index contributed by atoms with van der Waals surface area (Å²) >= 11 is 0. The average Bonchev–Trinajstić information content (AvgIpc) is 2.70. The molecule has 124 valence electrons. The molecule has 1 aliphatic carbocycles. The zero-order chi connectivity index (χ0) is 16.8. The highest BCUT2D eigenvalue weighted by molar-refractivity contribution is 6.02. The van der Waals surface area contributed by atoms with Gasteiger partial charge in [0.05, 0.1) is 0 Å². The van der Waals surface area contributed by atoms with Gasteiger partial charge in [-0.2, -0.15) is 0 Å². The number of Topliss-reactive ketones (excluding diaryl/α,β-unsaturated/α-hetero) is 1. The van der Waals surface area contributed by atoms with Gasteiger partial charge < -0.3 is 9.64 Å². The Morgan fingerprint density at radius 2 is 1.87 bits per heavy atom. The zero-order valence-corrected chi connectivity index (χ0v) is 14.4. The molecule has 1 aromatic rings. The van der Waals surface area contributed by atoms with Gasteiger partial charge in [0.15, 0.2) is 5.78 Å². The molecular weight excluding hydrogens is 290 g/mol. The Labute approximate surface area is 137 Å². The molecule has 0 bridgehead atoms. The number of carbonyl (C=O) groups is 2. The number of hydrogen-bond acceptors (Lipinski definition) is 3. The molecule has 1 aliphatic heterocycles. The van der Waals surface area contributed by atoms with Crippen LogP contribution in [0.15, 0.2) is 18.2 Å². The van der Waals surface area contributed by atoms with Crippen LogP contribution in [0.1, 0.15) is 61.5 Å². The van der Waals surface area contributed by atoms with E-state index in [2.05, 4.69) is 12.1 Å². The summed E-state index contributed by atoms with van der Waals surface area (Å²) in [6, 6.07) is 6.20. The highest BCUT2D eigenvalue weighted by Crippen LogP contribution is 2.46. The average molecular weight is 315 g/mol. The van der Waals surface area contributed by atoms with Crippen LogP contribution in [-0.2, 0) is 10.2 Å². The summed E-state index contributed by atoms with van der Waals surface area (Å²) < 4.78 is 5.45. The third kappa shape index (κ3) is 2.99. The van der Waals surface area contributed by atoms with Crippen molar-refractivity contribution in [2.45, 2.75) is 58.0 Å². The Bertz CT molecular complexity index is 649. The van der Waals surface area contributed by atoms with Crippen LogP contribution in [0.4, 0.5) is 4.79 Å². The number of ketones is 1. The molecule has 0 unspecified atom stereocenters. The van der Waals surface area contributed by atoms with E-state index in [1.165, 1.54) is 5.56 Å². The lowest BCUT2D eigenvalue weighted by atomic mass is 9.74. The monoisotopic (exact) mass is 315 g/mol. The second kappa shape index (κ2) is 5.36. The lowest BCUT2D eigenvalue weighted by Gasteiger charge is -2.40. The molecule has 1 amide bonds. The van der Waals surface area contributed by atoms with Gasteiger partial charge in [-0.3, -0.25) is 4.79 Å². The number of ether oxygens (including phenoxy) is 1. The SMILES string of the molecule is Cc1ccc2c(c1)C(=O)CC21CCN(C(=O)OC(C)(C)C)CC1. The van der Waals surface area contributed by atoms with Crippen molar-refractivity contribution < 1.29 is 14.3 Å². The minimum absolute atomic E-state index is 0.0847. The topological polar surface area (TPSA) is 46.6 Å². The molecule has 0 atom stereocenters. The maximum Gasteiger partial charge on any atom is 0.410 e. The van der Waals surface area contributed by atoms with Gasteiger partial charge >= 0.3 is 6.09 Å². The van der Waals surface area contributed by atoms with E-state index in [0.29, 0.717) is 19.5 Å². The van der Waals surface area contributed by atoms with Gasteiger partial charge in [0.25, 0.3) is 0 Å². The first-order valence-corrected chi connectivity index (χ1v) is 8.32. The van der Waals surface area contributed by atoms with Crippen molar-refractivity contribution in [2.24, 2.45) is 0 Å². The number of benzene rings is 1. The number of rotatable bonds is 0. The summed E-state index contributed by atoms with van der Waals surface area (Å²) in [5.74, 6) is 0.245. The molecule has 2 aliphatic rings. The van der Waals surface area contributed by atoms with Crippen molar-refractivity contribution in [1.82, 2.24) is 4.90 Å². The first kappa shape index (κ1) is 16.0. The fraction of sp³-hybridized carbons (Fsp3) is 0.579. The first-order chi connectivity index (χ1) is 10.7. The third-order valence-corrected chi connectivity index (χ3v) is 4.92. The highest BCUT2D eigenvalue weighted by atomic mass is 16.6. The van der Waals surface area contributed by atoms with E-state index in [0.717, 1.165) is 24.0 Å². The summed E-state index contributed by atoms with van der Waals surface area (Å²) in [4.78, 5) is 26.4. The largest absolute Gasteiger partial charge is 0.444 e. The fourth-order valence-electron chi connectivity index (χ4n) is 3.74. The van der Waals surface area contributed by atoms with Crippen LogP contribution in [0.25, 0.3) is 0 Å². The molecule has 4 heteroatoms. The van der Waals surface area contributed by atoms with Crippen LogP contribution in [0.5, 0.6) is 0 Å². The number of hydrogen-bond donors (Lipinski definition) is 0. The lowest BCUT2D eigenvalue weighted by Crippen LogP contribution is -2.46. The molecule has 4 nitrogen and oxygen atoms in total. The standard InChI is InChI=1S/C19H25NO3/c1-13-5-6-15-14(11-13)16(21)12-19(15)7-9-20(10-8-19)17(22)23-18(2,3)4/h5-6,11H,7-10,12H2,1-4H3. The van der Waals surface area contributed by atoms with Gasteiger partial charge in [0.2, 0.25) is 0 Å². The van der Waals surface area contributed by atoms with Crippen molar-refractivity contribution in [2.75, 3.05) is 13.1 Å². The molecule has 3 rings (SSSR count). The predicted octanol–water partition coefficient (Wildman–Crippen LogP) is 3.85. The van der Waals surface area contributed by atoms with Gasteiger partial charge in [-0.25, -0.2) is 4.79 Å². The first-order valence-electron chi connectivity index (χ1n) is 8.32. The number of likely N-dealkylation sites (tertiary alicyclic amines) is 1. The summed E-state index contributed by atoms with van der Waals surface area (Å²) in [6.07, 6.45) is 1.98. The van der Waals surface area contributed by atoms with E-state index >= 15 is 0 Å². The van der Waals surface area contributed by atoms with E-state index in [-0.39, 0.29) is 17.3 Å². The van der Waals surface area contributed by atoms with Gasteiger partial charge in [-0.1, -0.05) is 17.7 Å². The van der Waals surface area contributed by atoms with E-state index in [4.69, 9.17) is 4.74 Å². The molecule has 1 spiro atoms. The Morgan fingerprint density at radius 3 is 2.48 bits per heavy atom. The Morgan fingerprint density at radius 1 is 1.22 bits per heavy atom. The molecule has 0 N–H and O–H groups in total. The van der Waals surface area contributed by atoms with Crippen LogP contribution in [0, 0.1) is 6.92 Å². The minimum Gasteiger partial charge on any atom is -0.444 e. The highest BCUT2D eigenvalue weighted by Gasteiger charge is 2.46. The maximum atomic E-state index is 12.4. The van der Waals surface area contributed by atoms with Crippen LogP contribution >= 0.6 is 0 Å². The van der Waals surface area contributed by atoms with Crippen LogP contribution in [0.3, 0.4) is 0 Å². The molecule has 1 aromatic carbocycles. The molecule has 0 radical (unpaired) electrons. The second-order valence-electron chi connectivity index (χ2n) is 7.90. The number of aryl methyl sites for hydroxylation is 1. The Hall–Kier alpha value is -1.84. The van der Waals surface area contributed by atoms with E-state index < -0.39 is 5.60 Å². The van der Waals surface area contributed by atoms with Crippen LogP contribution in [0.2, 0.25) is 0 Å². The molecule has 0 saturated carbocycles. The summed E-state index contributed by atoms with van der Waals surface area (Å²) in [6.45, 7) is 8.95. The van der Waals surface area contributed by atoms with Gasteiger partial charge in [0.1, 0.15) is 5.60 Å². The predicted molar refractivity (Wildman–Crippen MR) is 88.8 cm³/mol. The van der Waals surface area contributed by atoms with E-state index in [1.54, 1.807) is 4.90 Å². The summed E-state index contributed by atoms with van der Waals surface area (Å²) in [5, 5.41) is 0. The molecule has 1 saturated heterocycles. The third-order valence-electron chi connectivity index (χ3n) is 4.92. The Kier molecular flexibility index (Phi) is 3.74. The van der Waals surface area contributed by atoms with Crippen molar-refractivity contribution >= 4 is 11.9 Å². The smallest absolute Gasteiger partial charge is 0.410 e. The number of fused-ring (bicyclic) bond motifs is 2. The zero-order valence-electron chi connectivity index (χ0n) is 14.4. The normalized spacial score (nSPS) is 19.8. The van der Waals surface area contributed by atoms with Crippen molar-refractivity contribution in [3.05, 3.63) is 34.9 Å². The lowest BCUT2D eigenvalue weighted by molar-refractivity contribution is 0.0166. The molecule has 1 heterocycles. The van der Waals surface area contributed by atoms with Gasteiger partial charge in [-0.15, -0.1) is 0 Å². The van der Waals surface area contributed by atoms with Gasteiger partial charge in [-0.05, 0) is 52.2 Å². The van der Waals surface area contributed by atoms with E-state index in [1.807, 2.05) is 33.8 Å². The molecule has 1 fully saturated rings. The van der Waals surface area contributed by atoms with Crippen molar-refractivity contribution in [1.29, 1.82) is 0 Å². The number of carbonyl (C=O) groups excluding carboxylic acids is 2. The summed E-state index contributed by atoms with van der Waals surface area (Å²) in [7, 11) is 0. The number of amides is 1. The van der Waals surface area contributed by atoms with Crippen molar-refractivity contribution in [3.8, 4) is 0 Å². The van der Waals surface area contributed by atoms with Crippen LogP contribution in [-0.4, -0.2) is 35.5 Å². The molecule has 23 heavy (non-hydrogen) atoms. The maximum absolute atomic E-state index is 12.4. The number of nitrogens with zero attached hydrogens (tertiary/aromatic N) is 1. The molecule has 0 aromatic heterocycles. The van der Waals surface area contributed by atoms with E-state index in [9.17, 15) is 9.59 Å². The second-order valence-corrected chi connectivity index (χ2v) is 7.90. The van der Waals surface area contributed by atoms with Crippen LogP contribution < -0.4 is 0 Å². The van der Waals surface area contributed by atoms with Gasteiger partial charge in [0, 0.05) is 30.5 Å².